The highest BCUT2D eigenvalue weighted by Crippen LogP contribution is 2.35. The molecular formula is C26H24N4O2. The van der Waals surface area contributed by atoms with Gasteiger partial charge in [0.05, 0.1) is 11.0 Å². The minimum absolute atomic E-state index is 0.161. The van der Waals surface area contributed by atoms with E-state index in [1.807, 2.05) is 24.3 Å². The fraction of sp³-hybridized carbons (Fsp3) is 0.231. The van der Waals surface area contributed by atoms with Crippen molar-refractivity contribution in [3.8, 4) is 11.6 Å². The number of H-pyrrole nitrogens is 1. The number of carbonyl (C=O) groups excluding carboxylic acids is 1. The normalized spacial score (nSPS) is 16.0. The molecule has 0 radical (unpaired) electrons. The van der Waals surface area contributed by atoms with Gasteiger partial charge >= 0.3 is 0 Å². The Morgan fingerprint density at radius 2 is 1.91 bits per heavy atom. The number of imidazole rings is 1. The summed E-state index contributed by atoms with van der Waals surface area (Å²) in [6, 6.07) is 14.6. The molecule has 2 heterocycles. The number of rotatable bonds is 6. The number of fused-ring (bicyclic) bond motifs is 1. The maximum Gasteiger partial charge on any atom is 0.245 e. The van der Waals surface area contributed by atoms with Crippen molar-refractivity contribution in [3.63, 3.8) is 0 Å². The van der Waals surface area contributed by atoms with Gasteiger partial charge in [-0.2, -0.15) is 0 Å². The maximum atomic E-state index is 12.8. The first-order chi connectivity index (χ1) is 15.7. The molecule has 0 fully saturated rings. The number of ketones is 1. The molecule has 1 aliphatic rings. The third kappa shape index (κ3) is 4.04. The Morgan fingerprint density at radius 3 is 2.66 bits per heavy atom. The van der Waals surface area contributed by atoms with E-state index in [1.165, 1.54) is 12.0 Å². The second kappa shape index (κ2) is 8.75. The van der Waals surface area contributed by atoms with Crippen molar-refractivity contribution < 1.29 is 9.53 Å². The summed E-state index contributed by atoms with van der Waals surface area (Å²) >= 11 is 0. The van der Waals surface area contributed by atoms with Crippen LogP contribution in [-0.4, -0.2) is 25.7 Å². The van der Waals surface area contributed by atoms with Crippen LogP contribution in [-0.2, 0) is 0 Å². The standard InChI is InChI=1S/C26H24N4O2/c1-2-17-7-9-18(10-8-17)23-26(28-16-15-27-23)32-20-13-11-19(12-14-20)24(31)25-29-21-5-3-4-6-22(21)30-25/h3-6,9,11-17H,2,7-8,10H2,1H3,(H,29,30)/t17-/m1/s1. The molecule has 0 bridgehead atoms. The molecule has 160 valence electrons. The van der Waals surface area contributed by atoms with E-state index in [0.29, 0.717) is 23.0 Å². The number of para-hydroxylation sites is 2. The van der Waals surface area contributed by atoms with Crippen LogP contribution in [0, 0.1) is 5.92 Å². The number of benzene rings is 2. The molecule has 32 heavy (non-hydrogen) atoms. The van der Waals surface area contributed by atoms with Crippen LogP contribution in [0.25, 0.3) is 16.6 Å². The topological polar surface area (TPSA) is 80.8 Å². The molecule has 6 nitrogen and oxygen atoms in total. The van der Waals surface area contributed by atoms with E-state index in [2.05, 4.69) is 32.9 Å². The quantitative estimate of drug-likeness (QED) is 0.386. The summed E-state index contributed by atoms with van der Waals surface area (Å²) < 4.78 is 6.06. The summed E-state index contributed by atoms with van der Waals surface area (Å²) in [5.41, 5.74) is 4.14. The molecule has 0 saturated carbocycles. The Kier molecular flexibility index (Phi) is 5.50. The zero-order valence-corrected chi connectivity index (χ0v) is 17.9. The molecule has 0 saturated heterocycles. The molecule has 2 aromatic heterocycles. The van der Waals surface area contributed by atoms with Gasteiger partial charge in [-0.25, -0.2) is 15.0 Å². The molecule has 2 aromatic carbocycles. The van der Waals surface area contributed by atoms with Crippen molar-refractivity contribution in [2.24, 2.45) is 5.92 Å². The number of aromatic nitrogens is 4. The third-order valence-corrected chi connectivity index (χ3v) is 6.00. The highest BCUT2D eigenvalue weighted by atomic mass is 16.5. The highest BCUT2D eigenvalue weighted by Gasteiger charge is 2.19. The van der Waals surface area contributed by atoms with E-state index in [-0.39, 0.29) is 5.78 Å². The predicted molar refractivity (Wildman–Crippen MR) is 124 cm³/mol. The SMILES string of the molecule is CC[C@@H]1CC=C(c2nccnc2Oc2ccc(C(=O)c3nc4ccccc4[nH]3)cc2)CC1. The van der Waals surface area contributed by atoms with Gasteiger partial charge in [-0.05, 0) is 67.2 Å². The van der Waals surface area contributed by atoms with Crippen LogP contribution < -0.4 is 4.74 Å². The van der Waals surface area contributed by atoms with Gasteiger partial charge in [-0.3, -0.25) is 4.79 Å². The van der Waals surface area contributed by atoms with Crippen molar-refractivity contribution in [2.75, 3.05) is 0 Å². The summed E-state index contributed by atoms with van der Waals surface area (Å²) in [6.07, 6.45) is 10.0. The highest BCUT2D eigenvalue weighted by molar-refractivity contribution is 6.08. The Hall–Kier alpha value is -3.80. The predicted octanol–water partition coefficient (Wildman–Crippen LogP) is 5.97. The van der Waals surface area contributed by atoms with Crippen LogP contribution in [0.3, 0.4) is 0 Å². The van der Waals surface area contributed by atoms with Crippen molar-refractivity contribution in [3.05, 3.63) is 84.1 Å². The van der Waals surface area contributed by atoms with Gasteiger partial charge in [0, 0.05) is 18.0 Å². The summed E-state index contributed by atoms with van der Waals surface area (Å²) in [5.74, 6) is 2.01. The Bertz CT molecular complexity index is 1260. The number of allylic oxidation sites excluding steroid dienone is 2. The summed E-state index contributed by atoms with van der Waals surface area (Å²) in [4.78, 5) is 29.3. The lowest BCUT2D eigenvalue weighted by molar-refractivity contribution is 0.103. The largest absolute Gasteiger partial charge is 0.437 e. The van der Waals surface area contributed by atoms with Gasteiger partial charge in [0.1, 0.15) is 11.4 Å². The Morgan fingerprint density at radius 1 is 1.09 bits per heavy atom. The van der Waals surface area contributed by atoms with Gasteiger partial charge in [0.2, 0.25) is 11.7 Å². The monoisotopic (exact) mass is 424 g/mol. The number of ether oxygens (including phenoxy) is 1. The average molecular weight is 425 g/mol. The summed E-state index contributed by atoms with van der Waals surface area (Å²) in [6.45, 7) is 2.24. The molecule has 6 heteroatoms. The van der Waals surface area contributed by atoms with E-state index in [1.54, 1.807) is 36.7 Å². The Balaban J connectivity index is 1.34. The maximum absolute atomic E-state index is 12.8. The van der Waals surface area contributed by atoms with E-state index < -0.39 is 0 Å². The van der Waals surface area contributed by atoms with Gasteiger partial charge in [0.15, 0.2) is 5.82 Å². The van der Waals surface area contributed by atoms with Crippen LogP contribution in [0.15, 0.2) is 67.0 Å². The fourth-order valence-corrected chi connectivity index (χ4v) is 4.08. The number of aromatic amines is 1. The van der Waals surface area contributed by atoms with Crippen LogP contribution in [0.4, 0.5) is 0 Å². The molecule has 0 amide bonds. The van der Waals surface area contributed by atoms with E-state index in [4.69, 9.17) is 4.74 Å². The van der Waals surface area contributed by atoms with Gasteiger partial charge in [0.25, 0.3) is 0 Å². The summed E-state index contributed by atoms with van der Waals surface area (Å²) in [7, 11) is 0. The van der Waals surface area contributed by atoms with Crippen LogP contribution >= 0.6 is 0 Å². The van der Waals surface area contributed by atoms with Crippen molar-refractivity contribution >= 4 is 22.4 Å². The van der Waals surface area contributed by atoms with Crippen molar-refractivity contribution in [2.45, 2.75) is 32.6 Å². The zero-order valence-electron chi connectivity index (χ0n) is 17.9. The molecule has 5 rings (SSSR count). The minimum atomic E-state index is -0.161. The first-order valence-corrected chi connectivity index (χ1v) is 11.0. The van der Waals surface area contributed by atoms with Crippen LogP contribution in [0.5, 0.6) is 11.6 Å². The van der Waals surface area contributed by atoms with Crippen molar-refractivity contribution in [1.29, 1.82) is 0 Å². The molecule has 1 N–H and O–H groups in total. The van der Waals surface area contributed by atoms with E-state index in [0.717, 1.165) is 41.9 Å². The number of nitrogens with zero attached hydrogens (tertiary/aromatic N) is 3. The van der Waals surface area contributed by atoms with Crippen molar-refractivity contribution in [1.82, 2.24) is 19.9 Å². The number of nitrogens with one attached hydrogen (secondary N) is 1. The zero-order chi connectivity index (χ0) is 21.9. The van der Waals surface area contributed by atoms with Gasteiger partial charge < -0.3 is 9.72 Å². The van der Waals surface area contributed by atoms with Gasteiger partial charge in [-0.15, -0.1) is 0 Å². The molecular weight excluding hydrogens is 400 g/mol. The lowest BCUT2D eigenvalue weighted by Gasteiger charge is -2.21. The minimum Gasteiger partial charge on any atom is -0.437 e. The molecule has 0 aliphatic heterocycles. The Labute approximate surface area is 186 Å². The molecule has 0 unspecified atom stereocenters. The van der Waals surface area contributed by atoms with E-state index in [9.17, 15) is 4.79 Å². The van der Waals surface area contributed by atoms with Crippen LogP contribution in [0.1, 0.15) is 54.5 Å². The summed E-state index contributed by atoms with van der Waals surface area (Å²) in [5, 5.41) is 0. The number of hydrogen-bond donors (Lipinski definition) is 1. The molecule has 0 spiro atoms. The lowest BCUT2D eigenvalue weighted by atomic mass is 9.87. The first-order valence-electron chi connectivity index (χ1n) is 11.0. The molecule has 4 aromatic rings. The number of hydrogen-bond acceptors (Lipinski definition) is 5. The number of carbonyl (C=O) groups is 1. The third-order valence-electron chi connectivity index (χ3n) is 6.00. The molecule has 1 atom stereocenters. The fourth-order valence-electron chi connectivity index (χ4n) is 4.08. The smallest absolute Gasteiger partial charge is 0.245 e. The second-order valence-corrected chi connectivity index (χ2v) is 8.05. The van der Waals surface area contributed by atoms with E-state index >= 15 is 0 Å². The van der Waals surface area contributed by atoms with Crippen LogP contribution in [0.2, 0.25) is 0 Å². The van der Waals surface area contributed by atoms with Gasteiger partial charge in [-0.1, -0.05) is 31.6 Å². The lowest BCUT2D eigenvalue weighted by Crippen LogP contribution is -2.06. The second-order valence-electron chi connectivity index (χ2n) is 8.05. The molecule has 1 aliphatic carbocycles. The first kappa shape index (κ1) is 20.1. The average Bonchev–Trinajstić information content (AvgIpc) is 3.29.